The van der Waals surface area contributed by atoms with Crippen molar-refractivity contribution in [2.45, 2.75) is 64.0 Å². The van der Waals surface area contributed by atoms with Gasteiger partial charge in [-0.05, 0) is 45.2 Å². The Labute approximate surface area is 94.4 Å². The molecular weight excluding hydrogens is 184 g/mol. The minimum absolute atomic E-state index is 0.783. The molecule has 88 valence electrons. The molecule has 1 atom stereocenters. The maximum Gasteiger partial charge on any atom is 0.0195 e. The molecule has 0 amide bonds. The molecule has 1 aliphatic heterocycles. The van der Waals surface area contributed by atoms with Gasteiger partial charge in [0.2, 0.25) is 0 Å². The molecule has 2 fully saturated rings. The molecule has 2 aliphatic rings. The largest absolute Gasteiger partial charge is 0.313 e. The van der Waals surface area contributed by atoms with Gasteiger partial charge in [0.1, 0.15) is 0 Å². The fourth-order valence-electron chi connectivity index (χ4n) is 2.82. The lowest BCUT2D eigenvalue weighted by Gasteiger charge is -2.40. The number of nitrogens with zero attached hydrogens (tertiary/aromatic N) is 1. The van der Waals surface area contributed by atoms with Gasteiger partial charge in [-0.3, -0.25) is 4.90 Å². The molecule has 0 bridgehead atoms. The average Bonchev–Trinajstić information content (AvgIpc) is 2.17. The molecule has 0 aromatic carbocycles. The summed E-state index contributed by atoms with van der Waals surface area (Å²) in [7, 11) is 0. The van der Waals surface area contributed by atoms with Crippen molar-refractivity contribution in [2.75, 3.05) is 19.6 Å². The third-order valence-corrected chi connectivity index (χ3v) is 3.97. The molecule has 2 rings (SSSR count). The predicted molar refractivity (Wildman–Crippen MR) is 65.1 cm³/mol. The Kier molecular flexibility index (Phi) is 4.45. The summed E-state index contributed by atoms with van der Waals surface area (Å²) in [5.74, 6) is 0. The highest BCUT2D eigenvalue weighted by atomic mass is 15.2. The fourth-order valence-corrected chi connectivity index (χ4v) is 2.82. The third-order valence-electron chi connectivity index (χ3n) is 3.97. The van der Waals surface area contributed by atoms with Crippen molar-refractivity contribution < 1.29 is 0 Å². The van der Waals surface area contributed by atoms with E-state index in [-0.39, 0.29) is 0 Å². The molecule has 0 aromatic rings. The van der Waals surface area contributed by atoms with Crippen molar-refractivity contribution in [3.05, 3.63) is 0 Å². The van der Waals surface area contributed by atoms with Crippen molar-refractivity contribution in [1.29, 1.82) is 0 Å². The van der Waals surface area contributed by atoms with Crippen LogP contribution in [0.4, 0.5) is 0 Å². The minimum Gasteiger partial charge on any atom is -0.313 e. The van der Waals surface area contributed by atoms with E-state index in [4.69, 9.17) is 0 Å². The zero-order valence-corrected chi connectivity index (χ0v) is 10.2. The first kappa shape index (κ1) is 11.4. The molecule has 0 aromatic heterocycles. The van der Waals surface area contributed by atoms with Gasteiger partial charge >= 0.3 is 0 Å². The van der Waals surface area contributed by atoms with E-state index in [0.29, 0.717) is 0 Å². The molecule has 2 nitrogen and oxygen atoms in total. The second-order valence-corrected chi connectivity index (χ2v) is 5.23. The molecule has 0 radical (unpaired) electrons. The molecule has 1 N–H and O–H groups in total. The first-order chi connectivity index (χ1) is 7.40. The normalized spacial score (nSPS) is 28.0. The highest BCUT2D eigenvalue weighted by Crippen LogP contribution is 2.25. The highest BCUT2D eigenvalue weighted by molar-refractivity contribution is 4.84. The van der Waals surface area contributed by atoms with E-state index >= 15 is 0 Å². The third kappa shape index (κ3) is 3.18. The van der Waals surface area contributed by atoms with Gasteiger partial charge in [0.05, 0.1) is 0 Å². The van der Waals surface area contributed by atoms with Crippen LogP contribution < -0.4 is 5.32 Å². The average molecular weight is 210 g/mol. The van der Waals surface area contributed by atoms with Crippen LogP contribution in [0.3, 0.4) is 0 Å². The van der Waals surface area contributed by atoms with Gasteiger partial charge in [0.25, 0.3) is 0 Å². The lowest BCUT2D eigenvalue weighted by atomic mass is 9.90. The number of nitrogens with one attached hydrogen (secondary N) is 1. The van der Waals surface area contributed by atoms with Crippen LogP contribution in [-0.4, -0.2) is 36.6 Å². The zero-order chi connectivity index (χ0) is 10.5. The molecule has 1 unspecified atom stereocenters. The van der Waals surface area contributed by atoms with Crippen LogP contribution in [0.2, 0.25) is 0 Å². The van der Waals surface area contributed by atoms with Crippen molar-refractivity contribution in [1.82, 2.24) is 10.2 Å². The second kappa shape index (κ2) is 5.86. The predicted octanol–water partition coefficient (Wildman–Crippen LogP) is 2.39. The number of piperidine rings is 1. The van der Waals surface area contributed by atoms with Gasteiger partial charge in [0, 0.05) is 18.6 Å². The zero-order valence-electron chi connectivity index (χ0n) is 10.2. The SMILES string of the molecule is CCCN(CC1CCCCN1)C1CCC1. The summed E-state index contributed by atoms with van der Waals surface area (Å²) in [6, 6.07) is 1.71. The first-order valence-electron chi connectivity index (χ1n) is 6.87. The van der Waals surface area contributed by atoms with E-state index in [2.05, 4.69) is 17.1 Å². The smallest absolute Gasteiger partial charge is 0.0195 e. The fraction of sp³-hybridized carbons (Fsp3) is 1.00. The van der Waals surface area contributed by atoms with Gasteiger partial charge in [0.15, 0.2) is 0 Å². The molecular formula is C13H26N2. The molecule has 2 heteroatoms. The van der Waals surface area contributed by atoms with Crippen LogP contribution in [0, 0.1) is 0 Å². The quantitative estimate of drug-likeness (QED) is 0.749. The number of hydrogen-bond donors (Lipinski definition) is 1. The summed E-state index contributed by atoms with van der Waals surface area (Å²) in [5, 5.41) is 3.67. The van der Waals surface area contributed by atoms with Crippen LogP contribution in [0.1, 0.15) is 51.9 Å². The summed E-state index contributed by atoms with van der Waals surface area (Å²) in [6.07, 6.45) is 9.88. The Bertz CT molecular complexity index is 171. The molecule has 1 aliphatic carbocycles. The molecule has 1 saturated heterocycles. The van der Waals surface area contributed by atoms with Crippen LogP contribution in [0.5, 0.6) is 0 Å². The van der Waals surface area contributed by atoms with Gasteiger partial charge in [-0.1, -0.05) is 19.8 Å². The minimum atomic E-state index is 0.783. The van der Waals surface area contributed by atoms with Crippen LogP contribution in [0.15, 0.2) is 0 Å². The summed E-state index contributed by atoms with van der Waals surface area (Å²) in [6.45, 7) is 6.16. The lowest BCUT2D eigenvalue weighted by molar-refractivity contribution is 0.109. The van der Waals surface area contributed by atoms with Crippen LogP contribution in [-0.2, 0) is 0 Å². The Hall–Kier alpha value is -0.0800. The molecule has 15 heavy (non-hydrogen) atoms. The monoisotopic (exact) mass is 210 g/mol. The Morgan fingerprint density at radius 1 is 1.13 bits per heavy atom. The van der Waals surface area contributed by atoms with Gasteiger partial charge in [-0.2, -0.15) is 0 Å². The maximum absolute atomic E-state index is 3.67. The van der Waals surface area contributed by atoms with Crippen molar-refractivity contribution in [3.8, 4) is 0 Å². The summed E-state index contributed by atoms with van der Waals surface area (Å²) >= 11 is 0. The molecule has 1 saturated carbocycles. The van der Waals surface area contributed by atoms with Gasteiger partial charge < -0.3 is 5.32 Å². The standard InChI is InChI=1S/C13H26N2/c1-2-10-15(13-7-5-8-13)11-12-6-3-4-9-14-12/h12-14H,2-11H2,1H3. The van der Waals surface area contributed by atoms with Crippen molar-refractivity contribution in [3.63, 3.8) is 0 Å². The molecule has 0 spiro atoms. The molecule has 1 heterocycles. The number of rotatable bonds is 5. The van der Waals surface area contributed by atoms with E-state index in [1.807, 2.05) is 0 Å². The first-order valence-corrected chi connectivity index (χ1v) is 6.87. The van der Waals surface area contributed by atoms with Gasteiger partial charge in [-0.25, -0.2) is 0 Å². The van der Waals surface area contributed by atoms with E-state index in [0.717, 1.165) is 12.1 Å². The Morgan fingerprint density at radius 2 is 2.00 bits per heavy atom. The summed E-state index contributed by atoms with van der Waals surface area (Å²) in [4.78, 5) is 2.74. The van der Waals surface area contributed by atoms with E-state index < -0.39 is 0 Å². The summed E-state index contributed by atoms with van der Waals surface area (Å²) in [5.41, 5.74) is 0. The van der Waals surface area contributed by atoms with Crippen molar-refractivity contribution in [2.24, 2.45) is 0 Å². The summed E-state index contributed by atoms with van der Waals surface area (Å²) < 4.78 is 0. The second-order valence-electron chi connectivity index (χ2n) is 5.23. The lowest BCUT2D eigenvalue weighted by Crippen LogP contribution is -2.49. The van der Waals surface area contributed by atoms with Gasteiger partial charge in [-0.15, -0.1) is 0 Å². The topological polar surface area (TPSA) is 15.3 Å². The Balaban J connectivity index is 1.76. The van der Waals surface area contributed by atoms with Crippen LogP contribution in [0.25, 0.3) is 0 Å². The van der Waals surface area contributed by atoms with Crippen LogP contribution >= 0.6 is 0 Å². The van der Waals surface area contributed by atoms with E-state index in [1.54, 1.807) is 0 Å². The maximum atomic E-state index is 3.67. The van der Waals surface area contributed by atoms with E-state index in [1.165, 1.54) is 64.6 Å². The number of hydrogen-bond acceptors (Lipinski definition) is 2. The van der Waals surface area contributed by atoms with E-state index in [9.17, 15) is 0 Å². The van der Waals surface area contributed by atoms with Crippen molar-refractivity contribution >= 4 is 0 Å². The Morgan fingerprint density at radius 3 is 2.53 bits per heavy atom. The highest BCUT2D eigenvalue weighted by Gasteiger charge is 2.26.